The summed E-state index contributed by atoms with van der Waals surface area (Å²) in [6.45, 7) is 1.18. The van der Waals surface area contributed by atoms with Crippen molar-refractivity contribution >= 4 is 33.2 Å². The maximum absolute atomic E-state index is 13.1. The topological polar surface area (TPSA) is 41.9 Å². The van der Waals surface area contributed by atoms with Gasteiger partial charge in [0.15, 0.2) is 0 Å². The van der Waals surface area contributed by atoms with Crippen molar-refractivity contribution in [1.29, 1.82) is 0 Å². The van der Waals surface area contributed by atoms with Crippen LogP contribution in [0.2, 0.25) is 0 Å². The van der Waals surface area contributed by atoms with Crippen molar-refractivity contribution in [2.45, 2.75) is 12.8 Å². The molecule has 2 heterocycles. The van der Waals surface area contributed by atoms with E-state index in [2.05, 4.69) is 21.0 Å². The zero-order chi connectivity index (χ0) is 13.4. The van der Waals surface area contributed by atoms with Gasteiger partial charge in [-0.15, -0.1) is 0 Å². The van der Waals surface area contributed by atoms with Crippen LogP contribution >= 0.6 is 15.9 Å². The molecule has 0 aliphatic carbocycles. The maximum Gasteiger partial charge on any atom is 0.256 e. The standard InChI is InChI=1S/C13H12BrFN2O2/c14-10-7-8(15)1-2-12(10)17-13(18)9-3-5-19-6-4-11(9)16-17/h1-2,7,9H,3-6H2. The van der Waals surface area contributed by atoms with Crippen LogP contribution in [0, 0.1) is 11.7 Å². The molecule has 0 saturated carbocycles. The summed E-state index contributed by atoms with van der Waals surface area (Å²) in [6.07, 6.45) is 1.33. The second-order valence-corrected chi connectivity index (χ2v) is 5.40. The fraction of sp³-hybridized carbons (Fsp3) is 0.385. The third-order valence-electron chi connectivity index (χ3n) is 3.33. The number of carbonyl (C=O) groups is 1. The molecule has 100 valence electrons. The van der Waals surface area contributed by atoms with Gasteiger partial charge in [-0.05, 0) is 40.5 Å². The fourth-order valence-corrected chi connectivity index (χ4v) is 2.88. The number of hydrogen-bond donors (Lipinski definition) is 0. The smallest absolute Gasteiger partial charge is 0.256 e. The number of fused-ring (bicyclic) bond motifs is 1. The number of hydrazone groups is 1. The molecule has 1 saturated heterocycles. The summed E-state index contributed by atoms with van der Waals surface area (Å²) in [6, 6.07) is 4.22. The average Bonchev–Trinajstić information content (AvgIpc) is 2.57. The number of rotatable bonds is 1. The molecule has 1 aromatic rings. The van der Waals surface area contributed by atoms with Gasteiger partial charge in [0.2, 0.25) is 0 Å². The van der Waals surface area contributed by atoms with Gasteiger partial charge in [-0.1, -0.05) is 0 Å². The van der Waals surface area contributed by atoms with Gasteiger partial charge in [-0.3, -0.25) is 4.79 Å². The van der Waals surface area contributed by atoms with Crippen LogP contribution in [0.3, 0.4) is 0 Å². The van der Waals surface area contributed by atoms with Crippen LogP contribution in [-0.2, 0) is 9.53 Å². The SMILES string of the molecule is O=C1C2CCOCCC2=NN1c1ccc(F)cc1Br. The molecule has 0 N–H and O–H groups in total. The summed E-state index contributed by atoms with van der Waals surface area (Å²) in [5, 5.41) is 5.75. The first-order valence-electron chi connectivity index (χ1n) is 6.11. The van der Waals surface area contributed by atoms with E-state index in [1.165, 1.54) is 17.1 Å². The summed E-state index contributed by atoms with van der Waals surface area (Å²) in [7, 11) is 0. The first-order valence-corrected chi connectivity index (χ1v) is 6.90. The Kier molecular flexibility index (Phi) is 3.36. The van der Waals surface area contributed by atoms with E-state index < -0.39 is 0 Å². The van der Waals surface area contributed by atoms with Crippen LogP contribution in [0.1, 0.15) is 12.8 Å². The van der Waals surface area contributed by atoms with Gasteiger partial charge in [0, 0.05) is 17.5 Å². The molecule has 1 aromatic carbocycles. The summed E-state index contributed by atoms with van der Waals surface area (Å²) in [5.74, 6) is -0.607. The zero-order valence-corrected chi connectivity index (χ0v) is 11.7. The number of hydrogen-bond acceptors (Lipinski definition) is 3. The lowest BCUT2D eigenvalue weighted by Crippen LogP contribution is -2.27. The van der Waals surface area contributed by atoms with E-state index in [-0.39, 0.29) is 17.6 Å². The normalized spacial score (nSPS) is 23.1. The summed E-state index contributed by atoms with van der Waals surface area (Å²) in [5.41, 5.74) is 1.44. The van der Waals surface area contributed by atoms with Gasteiger partial charge in [0.25, 0.3) is 5.91 Å². The van der Waals surface area contributed by atoms with Crippen molar-refractivity contribution in [3.05, 3.63) is 28.5 Å². The first-order chi connectivity index (χ1) is 9.16. The van der Waals surface area contributed by atoms with E-state index >= 15 is 0 Å². The van der Waals surface area contributed by atoms with Crippen LogP contribution < -0.4 is 5.01 Å². The van der Waals surface area contributed by atoms with Crippen LogP contribution in [0.25, 0.3) is 0 Å². The second-order valence-electron chi connectivity index (χ2n) is 4.54. The van der Waals surface area contributed by atoms with Crippen molar-refractivity contribution in [2.24, 2.45) is 11.0 Å². The Balaban J connectivity index is 1.95. The van der Waals surface area contributed by atoms with Crippen LogP contribution in [0.4, 0.5) is 10.1 Å². The van der Waals surface area contributed by atoms with E-state index in [9.17, 15) is 9.18 Å². The molecule has 1 fully saturated rings. The lowest BCUT2D eigenvalue weighted by Gasteiger charge is -2.15. The predicted octanol–water partition coefficient (Wildman–Crippen LogP) is 2.72. The van der Waals surface area contributed by atoms with Crippen molar-refractivity contribution < 1.29 is 13.9 Å². The van der Waals surface area contributed by atoms with Crippen LogP contribution in [0.5, 0.6) is 0 Å². The molecule has 0 bridgehead atoms. The molecule has 1 atom stereocenters. The molecule has 0 spiro atoms. The molecule has 4 nitrogen and oxygen atoms in total. The molecule has 3 rings (SSSR count). The van der Waals surface area contributed by atoms with E-state index in [4.69, 9.17) is 4.74 Å². The molecule has 1 unspecified atom stereocenters. The highest BCUT2D eigenvalue weighted by atomic mass is 79.9. The van der Waals surface area contributed by atoms with E-state index in [0.29, 0.717) is 36.2 Å². The highest BCUT2D eigenvalue weighted by Crippen LogP contribution is 2.33. The lowest BCUT2D eigenvalue weighted by molar-refractivity contribution is -0.120. The Morgan fingerprint density at radius 1 is 1.42 bits per heavy atom. The third kappa shape index (κ3) is 2.30. The fourth-order valence-electron chi connectivity index (χ4n) is 2.36. The average molecular weight is 327 g/mol. The van der Waals surface area contributed by atoms with Gasteiger partial charge in [0.1, 0.15) is 5.82 Å². The molecular formula is C13H12BrFN2O2. The minimum Gasteiger partial charge on any atom is -0.381 e. The summed E-state index contributed by atoms with van der Waals surface area (Å²) in [4.78, 5) is 12.4. The number of anilines is 1. The van der Waals surface area contributed by atoms with E-state index in [0.717, 1.165) is 5.71 Å². The van der Waals surface area contributed by atoms with E-state index in [1.54, 1.807) is 6.07 Å². The van der Waals surface area contributed by atoms with Crippen molar-refractivity contribution in [3.63, 3.8) is 0 Å². The molecule has 2 aliphatic heterocycles. The number of amides is 1. The van der Waals surface area contributed by atoms with Crippen molar-refractivity contribution in [1.82, 2.24) is 0 Å². The quantitative estimate of drug-likeness (QED) is 0.796. The maximum atomic E-state index is 13.1. The number of benzene rings is 1. The van der Waals surface area contributed by atoms with Crippen molar-refractivity contribution in [3.8, 4) is 0 Å². The summed E-state index contributed by atoms with van der Waals surface area (Å²) >= 11 is 3.27. The Hall–Kier alpha value is -1.27. The van der Waals surface area contributed by atoms with Gasteiger partial charge in [-0.25, -0.2) is 4.39 Å². The molecule has 1 amide bonds. The summed E-state index contributed by atoms with van der Waals surface area (Å²) < 4.78 is 19.0. The van der Waals surface area contributed by atoms with Crippen LogP contribution in [0.15, 0.2) is 27.8 Å². The third-order valence-corrected chi connectivity index (χ3v) is 3.96. The number of ether oxygens (including phenoxy) is 1. The van der Waals surface area contributed by atoms with Gasteiger partial charge >= 0.3 is 0 Å². The minimum atomic E-state index is -0.349. The highest BCUT2D eigenvalue weighted by molar-refractivity contribution is 9.10. The Morgan fingerprint density at radius 2 is 2.26 bits per heavy atom. The van der Waals surface area contributed by atoms with Gasteiger partial charge < -0.3 is 4.74 Å². The van der Waals surface area contributed by atoms with Gasteiger partial charge in [-0.2, -0.15) is 10.1 Å². The Bertz CT molecular complexity index is 562. The van der Waals surface area contributed by atoms with Crippen molar-refractivity contribution in [2.75, 3.05) is 18.2 Å². The van der Waals surface area contributed by atoms with E-state index in [1.807, 2.05) is 0 Å². The molecule has 2 aliphatic rings. The Morgan fingerprint density at radius 3 is 3.05 bits per heavy atom. The number of nitrogens with zero attached hydrogens (tertiary/aromatic N) is 2. The van der Waals surface area contributed by atoms with Crippen LogP contribution in [-0.4, -0.2) is 24.8 Å². The molecule has 19 heavy (non-hydrogen) atoms. The Labute approximate surface area is 118 Å². The molecule has 6 heteroatoms. The first kappa shape index (κ1) is 12.7. The largest absolute Gasteiger partial charge is 0.381 e. The van der Waals surface area contributed by atoms with Gasteiger partial charge in [0.05, 0.1) is 23.9 Å². The highest BCUT2D eigenvalue weighted by Gasteiger charge is 2.37. The molecule has 0 aromatic heterocycles. The number of carbonyl (C=O) groups excluding carboxylic acids is 1. The molecular weight excluding hydrogens is 315 g/mol. The minimum absolute atomic E-state index is 0.0622. The lowest BCUT2D eigenvalue weighted by atomic mass is 9.99. The predicted molar refractivity (Wildman–Crippen MR) is 72.6 cm³/mol. The second kappa shape index (κ2) is 5.02. The monoisotopic (exact) mass is 326 g/mol. The number of halogens is 2. The zero-order valence-electron chi connectivity index (χ0n) is 10.1. The molecule has 0 radical (unpaired) electrons.